The third-order valence-corrected chi connectivity index (χ3v) is 4.53. The van der Waals surface area contributed by atoms with Gasteiger partial charge in [-0.2, -0.15) is 0 Å². The number of anilines is 1. The van der Waals surface area contributed by atoms with Gasteiger partial charge in [0.25, 0.3) is 5.91 Å². The van der Waals surface area contributed by atoms with Crippen LogP contribution < -0.4 is 10.1 Å². The maximum Gasteiger partial charge on any atom is 0.262 e. The normalized spacial score (nSPS) is 11.0. The Morgan fingerprint density at radius 1 is 1.04 bits per heavy atom. The Hall–Kier alpha value is -2.86. The number of benzene rings is 3. The van der Waals surface area contributed by atoms with Crippen molar-refractivity contribution in [1.82, 2.24) is 0 Å². The molecule has 1 N–H and O–H groups in total. The lowest BCUT2D eigenvalue weighted by atomic mass is 10.1. The van der Waals surface area contributed by atoms with E-state index in [1.807, 2.05) is 36.4 Å². The summed E-state index contributed by atoms with van der Waals surface area (Å²) in [6.07, 6.45) is 0. The minimum atomic E-state index is -0.380. The third-order valence-electron chi connectivity index (χ3n) is 3.91. The largest absolute Gasteiger partial charge is 0.483 e. The van der Waals surface area contributed by atoms with Crippen molar-refractivity contribution in [2.45, 2.75) is 0 Å². The highest BCUT2D eigenvalue weighted by Gasteiger charge is 2.10. The highest BCUT2D eigenvalue weighted by atomic mass is 79.9. The summed E-state index contributed by atoms with van der Waals surface area (Å²) in [5.41, 5.74) is 2.21. The lowest BCUT2D eigenvalue weighted by molar-refractivity contribution is -0.118. The van der Waals surface area contributed by atoms with Crippen molar-refractivity contribution < 1.29 is 18.3 Å². The van der Waals surface area contributed by atoms with Gasteiger partial charge in [0.2, 0.25) is 0 Å². The van der Waals surface area contributed by atoms with Gasteiger partial charge in [0.1, 0.15) is 22.7 Å². The Bertz CT molecular complexity index is 1120. The topological polar surface area (TPSA) is 51.5 Å². The van der Waals surface area contributed by atoms with Crippen LogP contribution in [0.25, 0.3) is 21.9 Å². The van der Waals surface area contributed by atoms with Gasteiger partial charge in [0.05, 0.1) is 4.47 Å². The van der Waals surface area contributed by atoms with Crippen LogP contribution in [0.5, 0.6) is 5.75 Å². The van der Waals surface area contributed by atoms with Crippen molar-refractivity contribution in [3.05, 3.63) is 71.0 Å². The summed E-state index contributed by atoms with van der Waals surface area (Å²) in [4.78, 5) is 12.2. The molecular formula is C20H13BrFNO3. The number of rotatable bonds is 4. The highest BCUT2D eigenvalue weighted by molar-refractivity contribution is 9.10. The van der Waals surface area contributed by atoms with Crippen LogP contribution in [0.3, 0.4) is 0 Å². The number of furan rings is 1. The molecule has 0 aliphatic rings. The van der Waals surface area contributed by atoms with E-state index >= 15 is 0 Å². The zero-order chi connectivity index (χ0) is 18.1. The van der Waals surface area contributed by atoms with Crippen molar-refractivity contribution in [2.24, 2.45) is 0 Å². The van der Waals surface area contributed by atoms with Crippen LogP contribution in [-0.4, -0.2) is 12.5 Å². The number of amides is 1. The van der Waals surface area contributed by atoms with Gasteiger partial charge in [0.15, 0.2) is 6.61 Å². The Morgan fingerprint density at radius 3 is 2.69 bits per heavy atom. The lowest BCUT2D eigenvalue weighted by Crippen LogP contribution is -2.20. The summed E-state index contributed by atoms with van der Waals surface area (Å²) in [7, 11) is 0. The molecule has 130 valence electrons. The first-order chi connectivity index (χ1) is 12.6. The summed E-state index contributed by atoms with van der Waals surface area (Å²) < 4.78 is 24.7. The number of carbonyl (C=O) groups excluding carboxylic acids is 1. The average molecular weight is 414 g/mol. The van der Waals surface area contributed by atoms with Gasteiger partial charge in [-0.25, -0.2) is 4.39 Å². The molecular weight excluding hydrogens is 401 g/mol. The Morgan fingerprint density at radius 2 is 1.85 bits per heavy atom. The summed E-state index contributed by atoms with van der Waals surface area (Å²) in [6.45, 7) is -0.186. The second kappa shape index (κ2) is 6.80. The van der Waals surface area contributed by atoms with Gasteiger partial charge in [0, 0.05) is 16.5 Å². The van der Waals surface area contributed by atoms with Crippen molar-refractivity contribution in [2.75, 3.05) is 11.9 Å². The molecule has 0 radical (unpaired) electrons. The molecule has 0 aliphatic carbocycles. The van der Waals surface area contributed by atoms with E-state index in [0.29, 0.717) is 15.9 Å². The molecule has 0 unspecified atom stereocenters. The van der Waals surface area contributed by atoms with E-state index in [1.165, 1.54) is 18.2 Å². The molecule has 4 aromatic rings. The molecule has 0 saturated heterocycles. The predicted octanol–water partition coefficient (Wildman–Crippen LogP) is 5.51. The van der Waals surface area contributed by atoms with E-state index in [0.717, 1.165) is 21.9 Å². The molecule has 0 fully saturated rings. The minimum Gasteiger partial charge on any atom is -0.483 e. The molecule has 4 rings (SSSR count). The second-order valence-corrected chi connectivity index (χ2v) is 6.58. The minimum absolute atomic E-state index is 0.186. The van der Waals surface area contributed by atoms with Crippen molar-refractivity contribution in [3.63, 3.8) is 0 Å². The fourth-order valence-corrected chi connectivity index (χ4v) is 3.20. The number of hydrogen-bond donors (Lipinski definition) is 1. The number of ether oxygens (including phenoxy) is 1. The molecule has 1 aromatic heterocycles. The molecule has 6 heteroatoms. The van der Waals surface area contributed by atoms with Crippen LogP contribution >= 0.6 is 15.9 Å². The van der Waals surface area contributed by atoms with Gasteiger partial charge >= 0.3 is 0 Å². The molecule has 1 amide bonds. The maximum atomic E-state index is 13.1. The van der Waals surface area contributed by atoms with E-state index in [-0.39, 0.29) is 18.3 Å². The van der Waals surface area contributed by atoms with Crippen LogP contribution in [-0.2, 0) is 4.79 Å². The molecule has 1 heterocycles. The second-order valence-electron chi connectivity index (χ2n) is 5.72. The standard InChI is InChI=1S/C20H13BrFNO3/c21-16-9-12(22)5-7-19(16)25-11-20(24)23-13-6-8-18-15(10-13)14-3-1-2-4-17(14)26-18/h1-10H,11H2,(H,23,24). The van der Waals surface area contributed by atoms with Crippen molar-refractivity contribution in [1.29, 1.82) is 0 Å². The lowest BCUT2D eigenvalue weighted by Gasteiger charge is -2.09. The van der Waals surface area contributed by atoms with Crippen LogP contribution in [0.15, 0.2) is 69.6 Å². The quantitative estimate of drug-likeness (QED) is 0.480. The van der Waals surface area contributed by atoms with Gasteiger partial charge in [-0.3, -0.25) is 4.79 Å². The van der Waals surface area contributed by atoms with E-state index in [4.69, 9.17) is 9.15 Å². The molecule has 0 saturated carbocycles. The molecule has 0 atom stereocenters. The van der Waals surface area contributed by atoms with Crippen LogP contribution in [0, 0.1) is 5.82 Å². The molecule has 4 nitrogen and oxygen atoms in total. The Balaban J connectivity index is 1.49. The smallest absolute Gasteiger partial charge is 0.262 e. The summed E-state index contributed by atoms with van der Waals surface area (Å²) in [6, 6.07) is 17.2. The van der Waals surface area contributed by atoms with E-state index < -0.39 is 0 Å². The monoisotopic (exact) mass is 413 g/mol. The third kappa shape index (κ3) is 3.28. The fraction of sp³-hybridized carbons (Fsp3) is 0.0500. The highest BCUT2D eigenvalue weighted by Crippen LogP contribution is 2.30. The molecule has 3 aromatic carbocycles. The first-order valence-corrected chi connectivity index (χ1v) is 8.68. The van der Waals surface area contributed by atoms with Crippen LogP contribution in [0.1, 0.15) is 0 Å². The van der Waals surface area contributed by atoms with Crippen LogP contribution in [0.4, 0.5) is 10.1 Å². The number of nitrogens with one attached hydrogen (secondary N) is 1. The SMILES string of the molecule is O=C(COc1ccc(F)cc1Br)Nc1ccc2oc3ccccc3c2c1. The van der Waals surface area contributed by atoms with Crippen molar-refractivity contribution >= 4 is 49.5 Å². The van der Waals surface area contributed by atoms with E-state index in [1.54, 1.807) is 6.07 Å². The van der Waals surface area contributed by atoms with Gasteiger partial charge in [-0.15, -0.1) is 0 Å². The number of hydrogen-bond acceptors (Lipinski definition) is 3. The van der Waals surface area contributed by atoms with Crippen LogP contribution in [0.2, 0.25) is 0 Å². The summed E-state index contributed by atoms with van der Waals surface area (Å²) in [5, 5.41) is 4.72. The Labute approximate surface area is 156 Å². The first kappa shape index (κ1) is 16.6. The zero-order valence-corrected chi connectivity index (χ0v) is 15.0. The number of para-hydroxylation sites is 1. The summed E-state index contributed by atoms with van der Waals surface area (Å²) >= 11 is 3.20. The van der Waals surface area contributed by atoms with E-state index in [2.05, 4.69) is 21.2 Å². The number of halogens is 2. The van der Waals surface area contributed by atoms with Gasteiger partial charge in [-0.05, 0) is 58.4 Å². The fourth-order valence-electron chi connectivity index (χ4n) is 2.74. The molecule has 26 heavy (non-hydrogen) atoms. The number of carbonyl (C=O) groups is 1. The zero-order valence-electron chi connectivity index (χ0n) is 13.5. The van der Waals surface area contributed by atoms with E-state index in [9.17, 15) is 9.18 Å². The Kier molecular flexibility index (Phi) is 4.34. The maximum absolute atomic E-state index is 13.1. The molecule has 0 bridgehead atoms. The number of fused-ring (bicyclic) bond motifs is 3. The van der Waals surface area contributed by atoms with Gasteiger partial charge < -0.3 is 14.5 Å². The van der Waals surface area contributed by atoms with Crippen molar-refractivity contribution in [3.8, 4) is 5.75 Å². The van der Waals surface area contributed by atoms with Gasteiger partial charge in [-0.1, -0.05) is 18.2 Å². The first-order valence-electron chi connectivity index (χ1n) is 7.89. The molecule has 0 aliphatic heterocycles. The molecule has 0 spiro atoms. The predicted molar refractivity (Wildman–Crippen MR) is 102 cm³/mol. The summed E-state index contributed by atoms with van der Waals surface area (Å²) in [5.74, 6) is -0.291. The average Bonchev–Trinajstić information content (AvgIpc) is 2.99.